The van der Waals surface area contributed by atoms with Gasteiger partial charge in [-0.1, -0.05) is 61.1 Å². The van der Waals surface area contributed by atoms with Crippen LogP contribution < -0.4 is 21.3 Å². The van der Waals surface area contributed by atoms with Gasteiger partial charge in [-0.05, 0) is 50.1 Å². The molecular weight excluding hydrogens is 532 g/mol. The molecule has 0 radical (unpaired) electrons. The number of carbonyl (C=O) groups excluding carboxylic acids is 1. The van der Waals surface area contributed by atoms with Gasteiger partial charge < -0.3 is 5.32 Å². The van der Waals surface area contributed by atoms with E-state index in [1.54, 1.807) is 43.1 Å². The summed E-state index contributed by atoms with van der Waals surface area (Å²) in [5.41, 5.74) is 1.65. The second kappa shape index (κ2) is 9.97. The third-order valence-electron chi connectivity index (χ3n) is 7.28. The summed E-state index contributed by atoms with van der Waals surface area (Å²) >= 11 is 6.67. The summed E-state index contributed by atoms with van der Waals surface area (Å²) in [4.78, 5) is 47.2. The minimum atomic E-state index is -0.444. The van der Waals surface area contributed by atoms with E-state index in [-0.39, 0.29) is 37.6 Å². The first-order valence-electron chi connectivity index (χ1n) is 12.7. The number of aromatic nitrogens is 4. The number of para-hydroxylation sites is 1. The molecule has 4 heterocycles. The molecule has 4 aromatic rings. The number of pyridine rings is 1. The standard InChI is InChI=1S/C28H26N6O3S2/c1-17-23(27(37)34(31(17)2)19-12-4-3-5-13-19)33-26(36)21(39-28(33)38)16-20-24(29-18-10-6-7-11-18)30-22-14-8-9-15-32(22)25(20)35/h3-5,8-9,12-16,18,29H,6-7,10-11H2,1-2H3/b21-16+. The second-order valence-corrected chi connectivity index (χ2v) is 11.3. The maximum Gasteiger partial charge on any atom is 0.296 e. The topological polar surface area (TPSA) is 93.6 Å². The molecule has 2 fully saturated rings. The Kier molecular flexibility index (Phi) is 6.48. The number of hydrogen-bond acceptors (Lipinski definition) is 7. The Hall–Kier alpha value is -3.96. The first-order valence-corrected chi connectivity index (χ1v) is 14.0. The highest BCUT2D eigenvalue weighted by atomic mass is 32.2. The van der Waals surface area contributed by atoms with Crippen molar-refractivity contribution in [2.24, 2.45) is 7.05 Å². The van der Waals surface area contributed by atoms with Gasteiger partial charge in [-0.3, -0.25) is 28.4 Å². The van der Waals surface area contributed by atoms with Crippen LogP contribution in [0.1, 0.15) is 36.9 Å². The molecule has 1 aromatic carbocycles. The molecule has 11 heteroatoms. The molecule has 0 atom stereocenters. The molecule has 9 nitrogen and oxygen atoms in total. The van der Waals surface area contributed by atoms with E-state index in [0.717, 1.165) is 37.4 Å². The van der Waals surface area contributed by atoms with Crippen molar-refractivity contribution in [3.05, 3.63) is 91.6 Å². The normalized spacial score (nSPS) is 17.2. The Morgan fingerprint density at radius 2 is 1.74 bits per heavy atom. The number of nitrogens with zero attached hydrogens (tertiary/aromatic N) is 5. The molecule has 1 N–H and O–H groups in total. The molecule has 6 rings (SSSR count). The highest BCUT2D eigenvalue weighted by molar-refractivity contribution is 8.27. The number of fused-ring (bicyclic) bond motifs is 1. The summed E-state index contributed by atoms with van der Waals surface area (Å²) in [5.74, 6) is 0.00563. The summed E-state index contributed by atoms with van der Waals surface area (Å²) in [6.07, 6.45) is 7.45. The highest BCUT2D eigenvalue weighted by Crippen LogP contribution is 2.37. The van der Waals surface area contributed by atoms with Crippen LogP contribution in [-0.2, 0) is 11.8 Å². The fourth-order valence-corrected chi connectivity index (χ4v) is 6.46. The molecule has 1 saturated heterocycles. The third kappa shape index (κ3) is 4.31. The van der Waals surface area contributed by atoms with E-state index in [1.165, 1.54) is 14.0 Å². The van der Waals surface area contributed by atoms with Crippen molar-refractivity contribution in [3.8, 4) is 5.69 Å². The van der Waals surface area contributed by atoms with Crippen LogP contribution in [0.3, 0.4) is 0 Å². The lowest BCUT2D eigenvalue weighted by atomic mass is 10.2. The smallest absolute Gasteiger partial charge is 0.296 e. The van der Waals surface area contributed by atoms with Gasteiger partial charge in [-0.25, -0.2) is 9.67 Å². The molecule has 1 aliphatic heterocycles. The largest absolute Gasteiger partial charge is 0.367 e. The Morgan fingerprint density at radius 1 is 1.03 bits per heavy atom. The Labute approximate surface area is 233 Å². The van der Waals surface area contributed by atoms with Gasteiger partial charge >= 0.3 is 0 Å². The van der Waals surface area contributed by atoms with Crippen molar-refractivity contribution in [1.29, 1.82) is 0 Å². The fourth-order valence-electron chi connectivity index (χ4n) is 5.21. The zero-order valence-electron chi connectivity index (χ0n) is 21.5. The summed E-state index contributed by atoms with van der Waals surface area (Å²) in [6.45, 7) is 1.78. The number of rotatable bonds is 5. The Bertz CT molecular complexity index is 1780. The van der Waals surface area contributed by atoms with Gasteiger partial charge in [-0.15, -0.1) is 0 Å². The monoisotopic (exact) mass is 558 g/mol. The van der Waals surface area contributed by atoms with Crippen molar-refractivity contribution in [2.75, 3.05) is 10.2 Å². The van der Waals surface area contributed by atoms with E-state index in [1.807, 2.05) is 36.4 Å². The molecule has 0 bridgehead atoms. The van der Waals surface area contributed by atoms with E-state index >= 15 is 0 Å². The molecular formula is C28H26N6O3S2. The number of thioether (sulfide) groups is 1. The SMILES string of the molecule is Cc1c(N2C(=O)/C(=C\c3c(NC4CCCC4)nc4ccccn4c3=O)SC2=S)c(=O)n(-c2ccccc2)n1C. The van der Waals surface area contributed by atoms with Crippen LogP contribution in [0, 0.1) is 6.92 Å². The maximum absolute atomic E-state index is 13.8. The van der Waals surface area contributed by atoms with Crippen LogP contribution in [-0.4, -0.2) is 35.0 Å². The van der Waals surface area contributed by atoms with Crippen molar-refractivity contribution in [3.63, 3.8) is 0 Å². The van der Waals surface area contributed by atoms with Crippen molar-refractivity contribution < 1.29 is 4.79 Å². The Balaban J connectivity index is 1.44. The van der Waals surface area contributed by atoms with Gasteiger partial charge in [0.15, 0.2) is 4.32 Å². The van der Waals surface area contributed by atoms with Gasteiger partial charge in [-0.2, -0.15) is 0 Å². The van der Waals surface area contributed by atoms with Crippen LogP contribution in [0.5, 0.6) is 0 Å². The van der Waals surface area contributed by atoms with E-state index in [0.29, 0.717) is 22.8 Å². The zero-order valence-corrected chi connectivity index (χ0v) is 23.1. The molecule has 1 amide bonds. The summed E-state index contributed by atoms with van der Waals surface area (Å²) in [7, 11) is 1.77. The molecule has 0 unspecified atom stereocenters. The minimum absolute atomic E-state index is 0.199. The minimum Gasteiger partial charge on any atom is -0.367 e. The summed E-state index contributed by atoms with van der Waals surface area (Å²) < 4.78 is 4.91. The van der Waals surface area contributed by atoms with Gasteiger partial charge in [0.2, 0.25) is 0 Å². The molecule has 1 saturated carbocycles. The molecule has 1 aliphatic carbocycles. The number of hydrogen-bond donors (Lipinski definition) is 1. The number of carbonyl (C=O) groups is 1. The highest BCUT2D eigenvalue weighted by Gasteiger charge is 2.38. The predicted molar refractivity (Wildman–Crippen MR) is 159 cm³/mol. The van der Waals surface area contributed by atoms with Gasteiger partial charge in [0.05, 0.1) is 21.8 Å². The lowest BCUT2D eigenvalue weighted by Gasteiger charge is -2.16. The summed E-state index contributed by atoms with van der Waals surface area (Å²) in [5, 5.41) is 3.44. The molecule has 0 spiro atoms. The Morgan fingerprint density at radius 3 is 2.49 bits per heavy atom. The summed E-state index contributed by atoms with van der Waals surface area (Å²) in [6, 6.07) is 14.8. The number of anilines is 2. The lowest BCUT2D eigenvalue weighted by Crippen LogP contribution is -2.33. The number of amides is 1. The first kappa shape index (κ1) is 25.3. The van der Waals surface area contributed by atoms with E-state index in [9.17, 15) is 14.4 Å². The van der Waals surface area contributed by atoms with Crippen LogP contribution in [0.25, 0.3) is 17.4 Å². The molecule has 3 aromatic heterocycles. The van der Waals surface area contributed by atoms with Gasteiger partial charge in [0, 0.05) is 19.3 Å². The third-order valence-corrected chi connectivity index (χ3v) is 8.58. The van der Waals surface area contributed by atoms with E-state index < -0.39 is 5.91 Å². The van der Waals surface area contributed by atoms with Gasteiger partial charge in [0.1, 0.15) is 17.2 Å². The number of nitrogens with one attached hydrogen (secondary N) is 1. The average molecular weight is 559 g/mol. The predicted octanol–water partition coefficient (Wildman–Crippen LogP) is 4.25. The van der Waals surface area contributed by atoms with Crippen LogP contribution in [0.4, 0.5) is 11.5 Å². The molecule has 2 aliphatic rings. The number of thiocarbonyl (C=S) groups is 1. The first-order chi connectivity index (χ1) is 18.8. The van der Waals surface area contributed by atoms with E-state index in [2.05, 4.69) is 5.32 Å². The van der Waals surface area contributed by atoms with Crippen LogP contribution in [0.2, 0.25) is 0 Å². The van der Waals surface area contributed by atoms with Gasteiger partial charge in [0.25, 0.3) is 17.0 Å². The van der Waals surface area contributed by atoms with Crippen LogP contribution in [0.15, 0.2) is 69.2 Å². The van der Waals surface area contributed by atoms with Crippen molar-refractivity contribution >= 4 is 57.4 Å². The molecule has 39 heavy (non-hydrogen) atoms. The zero-order chi connectivity index (χ0) is 27.3. The quantitative estimate of drug-likeness (QED) is 0.289. The second-order valence-electron chi connectivity index (χ2n) is 9.66. The van der Waals surface area contributed by atoms with Crippen LogP contribution >= 0.6 is 24.0 Å². The molecule has 198 valence electrons. The maximum atomic E-state index is 13.8. The fraction of sp³-hybridized carbons (Fsp3) is 0.250. The van der Waals surface area contributed by atoms with Crippen molar-refractivity contribution in [2.45, 2.75) is 38.6 Å². The average Bonchev–Trinajstić information content (AvgIpc) is 3.60. The van der Waals surface area contributed by atoms with E-state index in [4.69, 9.17) is 17.2 Å². The lowest BCUT2D eigenvalue weighted by molar-refractivity contribution is -0.113. The number of benzene rings is 1. The van der Waals surface area contributed by atoms with Crippen molar-refractivity contribution in [1.82, 2.24) is 18.7 Å².